The molecule has 0 spiro atoms. The standard InChI is InChI=1S/C24H21NO2/c1-27-23-12-9-18(10-13-23)11-14-24(26)19-7-4-8-22(15-19)25-16-20-5-2-3-6-21(20)17-25/h2-15H,16-17H2,1H3/b14-11+. The average Bonchev–Trinajstić information content (AvgIpc) is 3.17. The zero-order chi connectivity index (χ0) is 18.6. The fourth-order valence-corrected chi connectivity index (χ4v) is 3.35. The molecule has 0 saturated heterocycles. The molecular weight excluding hydrogens is 334 g/mol. The number of methoxy groups -OCH3 is 1. The second-order valence-electron chi connectivity index (χ2n) is 6.65. The van der Waals surface area contributed by atoms with Gasteiger partial charge in [0.05, 0.1) is 7.11 Å². The van der Waals surface area contributed by atoms with Crippen molar-refractivity contribution in [3.63, 3.8) is 0 Å². The summed E-state index contributed by atoms with van der Waals surface area (Å²) >= 11 is 0. The first kappa shape index (κ1) is 17.1. The zero-order valence-electron chi connectivity index (χ0n) is 15.3. The number of rotatable bonds is 5. The molecule has 0 aromatic heterocycles. The first-order valence-corrected chi connectivity index (χ1v) is 9.01. The number of allylic oxidation sites excluding steroid dienone is 1. The van der Waals surface area contributed by atoms with Crippen molar-refractivity contribution in [2.75, 3.05) is 12.0 Å². The summed E-state index contributed by atoms with van der Waals surface area (Å²) in [6.45, 7) is 1.77. The minimum atomic E-state index is 0.00405. The highest BCUT2D eigenvalue weighted by atomic mass is 16.5. The van der Waals surface area contributed by atoms with Gasteiger partial charge in [-0.15, -0.1) is 0 Å². The van der Waals surface area contributed by atoms with E-state index in [0.29, 0.717) is 5.56 Å². The van der Waals surface area contributed by atoms with Crippen LogP contribution in [0.2, 0.25) is 0 Å². The summed E-state index contributed by atoms with van der Waals surface area (Å²) in [5.74, 6) is 0.808. The third kappa shape index (κ3) is 3.77. The van der Waals surface area contributed by atoms with Gasteiger partial charge in [0.1, 0.15) is 5.75 Å². The monoisotopic (exact) mass is 355 g/mol. The summed E-state index contributed by atoms with van der Waals surface area (Å²) in [6, 6.07) is 24.0. The summed E-state index contributed by atoms with van der Waals surface area (Å²) in [4.78, 5) is 14.9. The summed E-state index contributed by atoms with van der Waals surface area (Å²) in [6.07, 6.45) is 3.46. The van der Waals surface area contributed by atoms with Crippen molar-refractivity contribution < 1.29 is 9.53 Å². The fourth-order valence-electron chi connectivity index (χ4n) is 3.35. The minimum Gasteiger partial charge on any atom is -0.497 e. The third-order valence-corrected chi connectivity index (χ3v) is 4.88. The van der Waals surface area contributed by atoms with Gasteiger partial charge in [-0.1, -0.05) is 54.6 Å². The Balaban J connectivity index is 1.49. The van der Waals surface area contributed by atoms with Crippen LogP contribution in [-0.2, 0) is 13.1 Å². The van der Waals surface area contributed by atoms with Crippen LogP contribution in [-0.4, -0.2) is 12.9 Å². The molecule has 3 nitrogen and oxygen atoms in total. The molecule has 3 aromatic carbocycles. The first-order valence-electron chi connectivity index (χ1n) is 9.01. The molecule has 1 aliphatic heterocycles. The van der Waals surface area contributed by atoms with Crippen LogP contribution in [0, 0.1) is 0 Å². The van der Waals surface area contributed by atoms with Crippen LogP contribution >= 0.6 is 0 Å². The predicted molar refractivity (Wildman–Crippen MR) is 109 cm³/mol. The van der Waals surface area contributed by atoms with Gasteiger partial charge in [-0.25, -0.2) is 0 Å². The molecule has 0 amide bonds. The van der Waals surface area contributed by atoms with Gasteiger partial charge in [0.25, 0.3) is 0 Å². The van der Waals surface area contributed by atoms with E-state index < -0.39 is 0 Å². The molecule has 0 radical (unpaired) electrons. The molecule has 0 atom stereocenters. The lowest BCUT2D eigenvalue weighted by Crippen LogP contribution is -2.14. The second kappa shape index (κ2) is 7.50. The van der Waals surface area contributed by atoms with Gasteiger partial charge in [-0.05, 0) is 47.0 Å². The number of benzene rings is 3. The molecule has 0 saturated carbocycles. The van der Waals surface area contributed by atoms with Gasteiger partial charge in [0, 0.05) is 24.3 Å². The molecule has 27 heavy (non-hydrogen) atoms. The van der Waals surface area contributed by atoms with Crippen molar-refractivity contribution in [1.82, 2.24) is 0 Å². The molecule has 3 aromatic rings. The lowest BCUT2D eigenvalue weighted by atomic mass is 10.1. The smallest absolute Gasteiger partial charge is 0.185 e. The Bertz CT molecular complexity index is 964. The third-order valence-electron chi connectivity index (χ3n) is 4.88. The fraction of sp³-hybridized carbons (Fsp3) is 0.125. The quantitative estimate of drug-likeness (QED) is 0.470. The van der Waals surface area contributed by atoms with Gasteiger partial charge >= 0.3 is 0 Å². The molecule has 4 rings (SSSR count). The van der Waals surface area contributed by atoms with Crippen molar-refractivity contribution in [3.8, 4) is 5.75 Å². The molecule has 0 fully saturated rings. The highest BCUT2D eigenvalue weighted by molar-refractivity contribution is 6.07. The van der Waals surface area contributed by atoms with Crippen LogP contribution < -0.4 is 9.64 Å². The van der Waals surface area contributed by atoms with Crippen LogP contribution in [0.15, 0.2) is 78.9 Å². The van der Waals surface area contributed by atoms with Gasteiger partial charge in [-0.2, -0.15) is 0 Å². The van der Waals surface area contributed by atoms with Gasteiger partial charge in [-0.3, -0.25) is 4.79 Å². The van der Waals surface area contributed by atoms with Crippen LogP contribution in [0.4, 0.5) is 5.69 Å². The Morgan fingerprint density at radius 2 is 1.63 bits per heavy atom. The Kier molecular flexibility index (Phi) is 4.75. The Morgan fingerprint density at radius 3 is 2.30 bits per heavy atom. The highest BCUT2D eigenvalue weighted by Crippen LogP contribution is 2.28. The largest absolute Gasteiger partial charge is 0.497 e. The lowest BCUT2D eigenvalue weighted by molar-refractivity contribution is 0.104. The molecule has 0 bridgehead atoms. The minimum absolute atomic E-state index is 0.00405. The van der Waals surface area contributed by atoms with E-state index in [1.807, 2.05) is 48.5 Å². The van der Waals surface area contributed by atoms with E-state index in [0.717, 1.165) is 30.1 Å². The number of anilines is 1. The number of hydrogen-bond acceptors (Lipinski definition) is 3. The van der Waals surface area contributed by atoms with E-state index in [2.05, 4.69) is 35.2 Å². The molecule has 3 heteroatoms. The Morgan fingerprint density at radius 1 is 0.926 bits per heavy atom. The molecular formula is C24H21NO2. The van der Waals surface area contributed by atoms with Crippen LogP contribution in [0.1, 0.15) is 27.0 Å². The maximum Gasteiger partial charge on any atom is 0.185 e. The van der Waals surface area contributed by atoms with Crippen molar-refractivity contribution in [2.45, 2.75) is 13.1 Å². The van der Waals surface area contributed by atoms with Crippen molar-refractivity contribution in [2.24, 2.45) is 0 Å². The summed E-state index contributed by atoms with van der Waals surface area (Å²) in [5.41, 5.74) is 5.46. The normalized spacial score (nSPS) is 13.0. The summed E-state index contributed by atoms with van der Waals surface area (Å²) < 4.78 is 5.15. The van der Waals surface area contributed by atoms with Crippen LogP contribution in [0.3, 0.4) is 0 Å². The van der Waals surface area contributed by atoms with E-state index in [1.54, 1.807) is 13.2 Å². The number of hydrogen-bond donors (Lipinski definition) is 0. The van der Waals surface area contributed by atoms with Gasteiger partial charge in [0.2, 0.25) is 0 Å². The molecule has 1 aliphatic rings. The lowest BCUT2D eigenvalue weighted by Gasteiger charge is -2.18. The highest BCUT2D eigenvalue weighted by Gasteiger charge is 2.19. The van der Waals surface area contributed by atoms with Crippen LogP contribution in [0.25, 0.3) is 6.08 Å². The van der Waals surface area contributed by atoms with Gasteiger partial charge in [0.15, 0.2) is 5.78 Å². The average molecular weight is 355 g/mol. The van der Waals surface area contributed by atoms with E-state index >= 15 is 0 Å². The van der Waals surface area contributed by atoms with Crippen LogP contribution in [0.5, 0.6) is 5.75 Å². The number of nitrogens with zero attached hydrogens (tertiary/aromatic N) is 1. The van der Waals surface area contributed by atoms with E-state index in [4.69, 9.17) is 4.74 Å². The molecule has 1 heterocycles. The van der Waals surface area contributed by atoms with Gasteiger partial charge < -0.3 is 9.64 Å². The maximum absolute atomic E-state index is 12.6. The van der Waals surface area contributed by atoms with Crippen molar-refractivity contribution >= 4 is 17.5 Å². The number of carbonyl (C=O) groups excluding carboxylic acids is 1. The van der Waals surface area contributed by atoms with Crippen molar-refractivity contribution in [1.29, 1.82) is 0 Å². The second-order valence-corrected chi connectivity index (χ2v) is 6.65. The Hall–Kier alpha value is -3.33. The zero-order valence-corrected chi connectivity index (χ0v) is 15.3. The number of carbonyl (C=O) groups is 1. The van der Waals surface area contributed by atoms with E-state index in [1.165, 1.54) is 11.1 Å². The summed E-state index contributed by atoms with van der Waals surface area (Å²) in [7, 11) is 1.64. The first-order chi connectivity index (χ1) is 13.2. The number of ketones is 1. The molecule has 134 valence electrons. The molecule has 0 unspecified atom stereocenters. The topological polar surface area (TPSA) is 29.5 Å². The molecule has 0 aliphatic carbocycles. The predicted octanol–water partition coefficient (Wildman–Crippen LogP) is 5.11. The van der Waals surface area contributed by atoms with E-state index in [9.17, 15) is 4.79 Å². The summed E-state index contributed by atoms with van der Waals surface area (Å²) in [5, 5.41) is 0. The maximum atomic E-state index is 12.6. The SMILES string of the molecule is COc1ccc(/C=C/C(=O)c2cccc(N3Cc4ccccc4C3)c2)cc1. The molecule has 0 N–H and O–H groups in total. The van der Waals surface area contributed by atoms with E-state index in [-0.39, 0.29) is 5.78 Å². The number of fused-ring (bicyclic) bond motifs is 1. The Labute approximate surface area is 159 Å². The van der Waals surface area contributed by atoms with Crippen molar-refractivity contribution in [3.05, 3.63) is 101 Å². The number of ether oxygens (including phenoxy) is 1.